The maximum atomic E-state index is 7.51. The van der Waals surface area contributed by atoms with E-state index in [-0.39, 0.29) is 0 Å². The minimum absolute atomic E-state index is 0.483. The molecule has 25 rings (SSSR count). The number of benzene rings is 16. The molecule has 17 heteroatoms. The summed E-state index contributed by atoms with van der Waals surface area (Å²) in [6.45, 7) is 22.3. The second-order valence-electron chi connectivity index (χ2n) is 30.1. The Morgan fingerprint density at radius 3 is 1.21 bits per heavy atom. The molecule has 0 amide bonds. The van der Waals surface area contributed by atoms with E-state index < -0.39 is 0 Å². The molecule has 9 aromatic heterocycles. The Balaban J connectivity index is 0.000000108. The molecule has 0 aliphatic heterocycles. The SMILES string of the molecule is [C-]#[N+]c1ccc(-c2nc(-c3ccccc3)nc(-n3c4ccccc4c4ccc5c6ccccc6sc5c43)n2)cc1.[C-]#[N+]c1cccc(-c2nc(-c3cccc(-n4c5ccccc5c5ccc6c7ccccc7oc6c54)c3)nc3ccccc23)c1.[C-]#[N+]c1cccc(-c2nc(-c3ccccc3)nc(-n3c4ccccc4c4ccc5c6ccccc6oc5c43)n2)c1. The van der Waals surface area contributed by atoms with Crippen molar-refractivity contribution in [2.24, 2.45) is 0 Å². The highest BCUT2D eigenvalue weighted by Gasteiger charge is 2.27. The van der Waals surface area contributed by atoms with Crippen molar-refractivity contribution in [3.8, 4) is 85.8 Å². The predicted molar refractivity (Wildman–Crippen MR) is 501 cm³/mol. The summed E-state index contributed by atoms with van der Waals surface area (Å²) in [5.41, 5.74) is 19.0. The molecular formula is C107H60N14O2S. The fourth-order valence-corrected chi connectivity index (χ4v) is 18.6. The number of thiophene rings is 1. The quantitative estimate of drug-likeness (QED) is 0.127. The molecule has 16 nitrogen and oxygen atoms in total. The predicted octanol–water partition coefficient (Wildman–Crippen LogP) is 28.5. The number of hydrogen-bond donors (Lipinski definition) is 0. The molecule has 0 aliphatic carbocycles. The highest BCUT2D eigenvalue weighted by Crippen LogP contribution is 2.47. The van der Waals surface area contributed by atoms with Gasteiger partial charge in [-0.05, 0) is 84.4 Å². The number of hydrogen-bond acceptors (Lipinski definition) is 11. The third-order valence-electron chi connectivity index (χ3n) is 23.0. The molecule has 0 saturated carbocycles. The summed E-state index contributed by atoms with van der Waals surface area (Å²) in [4.78, 5) is 50.8. The van der Waals surface area contributed by atoms with Crippen molar-refractivity contribution >= 4 is 169 Å². The first-order chi connectivity index (χ1) is 61.3. The normalized spacial score (nSPS) is 11.5. The molecule has 16 aromatic carbocycles. The highest BCUT2D eigenvalue weighted by atomic mass is 32.1. The number of nitrogens with zero attached hydrogens (tertiary/aromatic N) is 14. The molecule has 124 heavy (non-hydrogen) atoms. The van der Waals surface area contributed by atoms with Crippen LogP contribution >= 0.6 is 11.3 Å². The van der Waals surface area contributed by atoms with E-state index in [4.69, 9.17) is 68.4 Å². The molecule has 0 N–H and O–H groups in total. The number of rotatable bonds is 9. The summed E-state index contributed by atoms with van der Waals surface area (Å²) < 4.78 is 22.0. The average molecular weight is 1610 g/mol. The summed E-state index contributed by atoms with van der Waals surface area (Å²) in [6, 6.07) is 122. The van der Waals surface area contributed by atoms with Gasteiger partial charge in [-0.3, -0.25) is 9.13 Å². The smallest absolute Gasteiger partial charge is 0.238 e. The second kappa shape index (κ2) is 29.6. The Morgan fingerprint density at radius 2 is 0.645 bits per heavy atom. The van der Waals surface area contributed by atoms with E-state index in [2.05, 4.69) is 192 Å². The van der Waals surface area contributed by atoms with Gasteiger partial charge in [-0.2, -0.15) is 19.9 Å². The first kappa shape index (κ1) is 71.9. The van der Waals surface area contributed by atoms with E-state index in [1.165, 1.54) is 30.9 Å². The maximum Gasteiger partial charge on any atom is 0.238 e. The van der Waals surface area contributed by atoms with Crippen molar-refractivity contribution in [2.45, 2.75) is 0 Å². The van der Waals surface area contributed by atoms with Crippen LogP contribution in [0.4, 0.5) is 17.1 Å². The van der Waals surface area contributed by atoms with Crippen LogP contribution in [0.15, 0.2) is 373 Å². The van der Waals surface area contributed by atoms with E-state index in [9.17, 15) is 0 Å². The van der Waals surface area contributed by atoms with Crippen LogP contribution in [-0.4, -0.2) is 53.6 Å². The standard InChI is InChI=1S/C39H22N4O.C34H19N5O.C34H19N5S/c1-40-26-12-8-10-24(22-26)36-32-16-2-5-17-33(32)41-39(42-36)25-11-9-13-27(23-25)43-34-18-6-3-14-28(34)30-20-21-31-29-15-4-7-19-35(29)44-38(31)37(30)43;1-35-23-13-9-12-22(20-23)33-36-32(21-10-3-2-4-11-21)37-34(38-33)39-28-16-7-5-14-24(28)26-18-19-27-25-15-6-8-17-29(25)40-31(27)30(26)39;1-35-23-17-15-22(16-18-23)33-36-32(21-9-3-2-4-10-21)37-34(38-33)39-28-13-7-5-11-24(28)26-19-20-27-25-12-6-8-14-29(25)40-31(27)30(26)39/h2-23H;2*2-20H. The molecule has 9 heterocycles. The van der Waals surface area contributed by atoms with E-state index >= 15 is 0 Å². The van der Waals surface area contributed by atoms with Crippen molar-refractivity contribution in [2.75, 3.05) is 0 Å². The zero-order valence-corrected chi connectivity index (χ0v) is 66.4. The molecule has 0 spiro atoms. The number of para-hydroxylation sites is 6. The van der Waals surface area contributed by atoms with Gasteiger partial charge in [0.15, 0.2) is 57.4 Å². The van der Waals surface area contributed by atoms with Crippen LogP contribution in [0.3, 0.4) is 0 Å². The van der Waals surface area contributed by atoms with Gasteiger partial charge in [-0.1, -0.05) is 285 Å². The Kier molecular flexibility index (Phi) is 17.1. The average Bonchev–Trinajstić information content (AvgIpc) is 1.57. The number of furan rings is 2. The van der Waals surface area contributed by atoms with E-state index in [1.807, 2.05) is 182 Å². The van der Waals surface area contributed by atoms with Crippen LogP contribution in [-0.2, 0) is 0 Å². The van der Waals surface area contributed by atoms with Gasteiger partial charge in [0.1, 0.15) is 16.7 Å². The monoisotopic (exact) mass is 1600 g/mol. The third kappa shape index (κ3) is 12.1. The second-order valence-corrected chi connectivity index (χ2v) is 31.2. The van der Waals surface area contributed by atoms with E-state index in [0.29, 0.717) is 58.1 Å². The number of fused-ring (bicyclic) bond motifs is 22. The molecule has 0 atom stereocenters. The van der Waals surface area contributed by atoms with Crippen molar-refractivity contribution in [1.29, 1.82) is 0 Å². The molecule has 0 saturated heterocycles. The Hall–Kier alpha value is -17.4. The lowest BCUT2D eigenvalue weighted by molar-refractivity contribution is 0.670. The van der Waals surface area contributed by atoms with Crippen molar-refractivity contribution in [3.63, 3.8) is 0 Å². The summed E-state index contributed by atoms with van der Waals surface area (Å²) in [5, 5.41) is 14.5. The van der Waals surface area contributed by atoms with Gasteiger partial charge in [0, 0.05) is 108 Å². The van der Waals surface area contributed by atoms with E-state index in [1.54, 1.807) is 29.5 Å². The Morgan fingerprint density at radius 1 is 0.250 bits per heavy atom. The van der Waals surface area contributed by atoms with Gasteiger partial charge in [-0.25, -0.2) is 34.5 Å². The van der Waals surface area contributed by atoms with Gasteiger partial charge >= 0.3 is 0 Å². The molecule has 25 aromatic rings. The molecule has 0 radical (unpaired) electrons. The van der Waals surface area contributed by atoms with Crippen LogP contribution in [0.5, 0.6) is 0 Å². The lowest BCUT2D eigenvalue weighted by Crippen LogP contribution is -2.06. The molecule has 0 bridgehead atoms. The van der Waals surface area contributed by atoms with Crippen molar-refractivity contribution in [1.82, 2.24) is 53.6 Å². The van der Waals surface area contributed by atoms with Gasteiger partial charge in [0.25, 0.3) is 0 Å². The molecule has 0 fully saturated rings. The van der Waals surface area contributed by atoms with Gasteiger partial charge in [-0.15, -0.1) is 11.3 Å². The summed E-state index contributed by atoms with van der Waals surface area (Å²) >= 11 is 1.80. The largest absolute Gasteiger partial charge is 0.454 e. The maximum absolute atomic E-state index is 7.51. The molecular weight excluding hydrogens is 1550 g/mol. The molecule has 0 unspecified atom stereocenters. The molecule has 0 aliphatic rings. The minimum Gasteiger partial charge on any atom is -0.454 e. The lowest BCUT2D eigenvalue weighted by Gasteiger charge is -2.12. The zero-order chi connectivity index (χ0) is 82.5. The van der Waals surface area contributed by atoms with Gasteiger partial charge in [0.2, 0.25) is 11.9 Å². The Bertz CT molecular complexity index is 8830. The van der Waals surface area contributed by atoms with E-state index in [0.717, 1.165) is 154 Å². The van der Waals surface area contributed by atoms with Crippen LogP contribution < -0.4 is 0 Å². The first-order valence-electron chi connectivity index (χ1n) is 40.3. The van der Waals surface area contributed by atoms with Crippen LogP contribution in [0, 0.1) is 19.7 Å². The minimum atomic E-state index is 0.483. The van der Waals surface area contributed by atoms with Crippen molar-refractivity contribution < 1.29 is 8.83 Å². The first-order valence-corrected chi connectivity index (χ1v) is 41.1. The lowest BCUT2D eigenvalue weighted by atomic mass is 10.0. The van der Waals surface area contributed by atoms with Gasteiger partial charge < -0.3 is 13.4 Å². The third-order valence-corrected chi connectivity index (χ3v) is 24.1. The topological polar surface area (TPSA) is 157 Å². The summed E-state index contributed by atoms with van der Waals surface area (Å²) in [6.07, 6.45) is 0. The highest BCUT2D eigenvalue weighted by molar-refractivity contribution is 7.26. The fourth-order valence-electron chi connectivity index (χ4n) is 17.3. The molecule has 576 valence electrons. The van der Waals surface area contributed by atoms with Crippen LogP contribution in [0.1, 0.15) is 0 Å². The summed E-state index contributed by atoms with van der Waals surface area (Å²) in [7, 11) is 0. The van der Waals surface area contributed by atoms with Crippen molar-refractivity contribution in [3.05, 3.63) is 398 Å². The fraction of sp³-hybridized carbons (Fsp3) is 0. The summed E-state index contributed by atoms with van der Waals surface area (Å²) in [5.74, 6) is 3.89. The Labute approximate surface area is 710 Å². The van der Waals surface area contributed by atoms with Crippen LogP contribution in [0.2, 0.25) is 0 Å². The van der Waals surface area contributed by atoms with Gasteiger partial charge in [0.05, 0.1) is 63.2 Å². The number of aromatic nitrogens is 11. The zero-order valence-electron chi connectivity index (χ0n) is 65.6. The van der Waals surface area contributed by atoms with Crippen LogP contribution in [0.25, 0.3) is 241 Å².